The summed E-state index contributed by atoms with van der Waals surface area (Å²) in [6.45, 7) is 5.37. The summed E-state index contributed by atoms with van der Waals surface area (Å²) < 4.78 is 59.0. The molecule has 0 radical (unpaired) electrons. The Morgan fingerprint density at radius 2 is 1.78 bits per heavy atom. The van der Waals surface area contributed by atoms with Crippen molar-refractivity contribution >= 4 is 23.5 Å². The quantitative estimate of drug-likeness (QED) is 0.354. The molecule has 0 bridgehead atoms. The van der Waals surface area contributed by atoms with Gasteiger partial charge in [0, 0.05) is 16.6 Å². The molecule has 1 heterocycles. The Balaban J connectivity index is 1.47. The summed E-state index contributed by atoms with van der Waals surface area (Å²) in [7, 11) is 0. The molecule has 1 aromatic heterocycles. The minimum Gasteiger partial charge on any atom is -0.481 e. The van der Waals surface area contributed by atoms with Crippen LogP contribution in [0.25, 0.3) is 0 Å². The number of rotatable bonds is 7. The topological polar surface area (TPSA) is 95.7 Å². The SMILES string of the molecule is CC1(C(=O)O)CCC(n2ncc(C(=O)N(CC(O)c3c(F)cccc3Cl)[C@H]3C[C@@H]4[C@H](C3)C4(C)C)c2C(F)(F)F)CC1. The van der Waals surface area contributed by atoms with Crippen molar-refractivity contribution in [3.63, 3.8) is 0 Å². The average Bonchev–Trinajstić information content (AvgIpc) is 3.30. The third kappa shape index (κ3) is 5.24. The van der Waals surface area contributed by atoms with Crippen molar-refractivity contribution < 1.29 is 37.4 Å². The molecular formula is C29H34ClF4N3O4. The first kappa shape index (κ1) is 29.8. The van der Waals surface area contributed by atoms with Gasteiger partial charge in [-0.05, 0) is 74.8 Å². The van der Waals surface area contributed by atoms with Crippen molar-refractivity contribution in [3.05, 3.63) is 52.1 Å². The second-order valence-electron chi connectivity index (χ2n) is 12.7. The fraction of sp³-hybridized carbons (Fsp3) is 0.621. The molecule has 3 aliphatic carbocycles. The van der Waals surface area contributed by atoms with Crippen molar-refractivity contribution in [3.8, 4) is 0 Å². The van der Waals surface area contributed by atoms with Crippen LogP contribution >= 0.6 is 11.6 Å². The lowest BCUT2D eigenvalue weighted by Gasteiger charge is -2.35. The number of carbonyl (C=O) groups is 2. The van der Waals surface area contributed by atoms with Crippen molar-refractivity contribution in [1.82, 2.24) is 14.7 Å². The Labute approximate surface area is 240 Å². The van der Waals surface area contributed by atoms with Crippen LogP contribution in [-0.4, -0.2) is 49.4 Å². The van der Waals surface area contributed by atoms with Gasteiger partial charge in [0.05, 0.1) is 29.8 Å². The Morgan fingerprint density at radius 3 is 2.32 bits per heavy atom. The fourth-order valence-electron chi connectivity index (χ4n) is 7.17. The number of fused-ring (bicyclic) bond motifs is 1. The molecule has 224 valence electrons. The maximum Gasteiger partial charge on any atom is 0.433 e. The van der Waals surface area contributed by atoms with E-state index >= 15 is 0 Å². The normalized spacial score (nSPS) is 29.6. The zero-order valence-corrected chi connectivity index (χ0v) is 23.8. The first-order valence-corrected chi connectivity index (χ1v) is 14.2. The minimum atomic E-state index is -4.92. The van der Waals surface area contributed by atoms with Gasteiger partial charge in [0.1, 0.15) is 11.9 Å². The number of hydrogen-bond acceptors (Lipinski definition) is 4. The highest BCUT2D eigenvalue weighted by Gasteiger charge is 2.63. The Morgan fingerprint density at radius 1 is 1.17 bits per heavy atom. The molecule has 1 aromatic carbocycles. The molecule has 5 rings (SSSR count). The predicted molar refractivity (Wildman–Crippen MR) is 142 cm³/mol. The molecule has 1 unspecified atom stereocenters. The molecular weight excluding hydrogens is 566 g/mol. The van der Waals surface area contributed by atoms with Crippen LogP contribution < -0.4 is 0 Å². The van der Waals surface area contributed by atoms with Gasteiger partial charge in [0.25, 0.3) is 5.91 Å². The highest BCUT2D eigenvalue weighted by molar-refractivity contribution is 6.31. The summed E-state index contributed by atoms with van der Waals surface area (Å²) in [6.07, 6.45) is -3.77. The van der Waals surface area contributed by atoms with E-state index in [1.807, 2.05) is 0 Å². The number of hydrogen-bond donors (Lipinski definition) is 2. The molecule has 0 spiro atoms. The van der Waals surface area contributed by atoms with E-state index in [9.17, 15) is 37.4 Å². The molecule has 0 aliphatic heterocycles. The lowest BCUT2D eigenvalue weighted by Crippen LogP contribution is -2.43. The third-order valence-corrected chi connectivity index (χ3v) is 10.3. The zero-order chi connectivity index (χ0) is 30.1. The van der Waals surface area contributed by atoms with E-state index in [0.717, 1.165) is 16.9 Å². The lowest BCUT2D eigenvalue weighted by molar-refractivity contribution is -0.152. The molecule has 0 saturated heterocycles. The van der Waals surface area contributed by atoms with Gasteiger partial charge < -0.3 is 15.1 Å². The number of alkyl halides is 3. The molecule has 2 N–H and O–H groups in total. The molecule has 7 nitrogen and oxygen atoms in total. The summed E-state index contributed by atoms with van der Waals surface area (Å²) in [4.78, 5) is 26.8. The van der Waals surface area contributed by atoms with Gasteiger partial charge in [0.2, 0.25) is 0 Å². The Bertz CT molecular complexity index is 1320. The number of halogens is 5. The second-order valence-corrected chi connectivity index (χ2v) is 13.1. The van der Waals surface area contributed by atoms with Crippen LogP contribution in [0.4, 0.5) is 17.6 Å². The van der Waals surface area contributed by atoms with Gasteiger partial charge in [-0.15, -0.1) is 0 Å². The van der Waals surface area contributed by atoms with Crippen LogP contribution in [0.3, 0.4) is 0 Å². The number of aliphatic hydroxyl groups excluding tert-OH is 1. The standard InChI is InChI=1S/C29H34ClF4N3O4/c1-27(2)18-11-16(12-19(18)27)36(14-22(38)23-20(30)5-4-6-21(23)31)25(39)17-13-35-37(24(17)29(32,33)34)15-7-9-28(3,10-8-15)26(40)41/h4-6,13,15-16,18-19,22,38H,7-12,14H2,1-3H3,(H,40,41)/t15?,16-,18+,19-,22?,28?. The molecule has 3 fully saturated rings. The predicted octanol–water partition coefficient (Wildman–Crippen LogP) is 6.51. The van der Waals surface area contributed by atoms with Gasteiger partial charge >= 0.3 is 12.1 Å². The number of carbonyl (C=O) groups excluding carboxylic acids is 1. The van der Waals surface area contributed by atoms with E-state index in [4.69, 9.17) is 11.6 Å². The van der Waals surface area contributed by atoms with Gasteiger partial charge in [0.15, 0.2) is 5.69 Å². The van der Waals surface area contributed by atoms with Gasteiger partial charge in [-0.3, -0.25) is 14.3 Å². The molecule has 4 atom stereocenters. The largest absolute Gasteiger partial charge is 0.481 e. The van der Waals surface area contributed by atoms with Crippen LogP contribution in [-0.2, 0) is 11.0 Å². The van der Waals surface area contributed by atoms with E-state index < -0.39 is 65.3 Å². The van der Waals surface area contributed by atoms with Crippen LogP contribution in [0, 0.1) is 28.5 Å². The van der Waals surface area contributed by atoms with Crippen LogP contribution in [0.2, 0.25) is 5.02 Å². The first-order valence-electron chi connectivity index (χ1n) is 13.9. The number of aliphatic hydroxyl groups is 1. The highest BCUT2D eigenvalue weighted by atomic mass is 35.5. The van der Waals surface area contributed by atoms with Crippen LogP contribution in [0.1, 0.15) is 93.1 Å². The molecule has 41 heavy (non-hydrogen) atoms. The van der Waals surface area contributed by atoms with Gasteiger partial charge in [-0.1, -0.05) is 31.5 Å². The molecule has 3 saturated carbocycles. The summed E-state index contributed by atoms with van der Waals surface area (Å²) >= 11 is 6.14. The van der Waals surface area contributed by atoms with Crippen molar-refractivity contribution in [2.24, 2.45) is 22.7 Å². The Hall–Kier alpha value is -2.66. The first-order chi connectivity index (χ1) is 19.1. The summed E-state index contributed by atoms with van der Waals surface area (Å²) in [5, 5.41) is 24.5. The number of benzene rings is 1. The highest BCUT2D eigenvalue weighted by Crippen LogP contribution is 2.67. The average molecular weight is 600 g/mol. The molecule has 2 aromatic rings. The zero-order valence-electron chi connectivity index (χ0n) is 23.1. The monoisotopic (exact) mass is 599 g/mol. The number of nitrogens with zero attached hydrogens (tertiary/aromatic N) is 3. The molecule has 3 aliphatic rings. The van der Waals surface area contributed by atoms with E-state index in [1.165, 1.54) is 17.0 Å². The minimum absolute atomic E-state index is 0.0465. The summed E-state index contributed by atoms with van der Waals surface area (Å²) in [5.74, 6) is -2.11. The van der Waals surface area contributed by atoms with E-state index in [-0.39, 0.29) is 41.7 Å². The second kappa shape index (κ2) is 10.3. The van der Waals surface area contributed by atoms with Crippen molar-refractivity contribution in [2.45, 2.75) is 83.7 Å². The van der Waals surface area contributed by atoms with E-state index in [1.54, 1.807) is 6.92 Å². The van der Waals surface area contributed by atoms with Crippen molar-refractivity contribution in [1.29, 1.82) is 0 Å². The summed E-state index contributed by atoms with van der Waals surface area (Å²) in [6, 6.07) is 2.72. The Kier molecular flexibility index (Phi) is 7.46. The number of aromatic nitrogens is 2. The number of aliphatic carboxylic acids is 1. The maximum atomic E-state index is 14.6. The van der Waals surface area contributed by atoms with Gasteiger partial charge in [-0.2, -0.15) is 18.3 Å². The van der Waals surface area contributed by atoms with E-state index in [2.05, 4.69) is 18.9 Å². The maximum absolute atomic E-state index is 14.6. The number of carboxylic acids is 1. The van der Waals surface area contributed by atoms with Gasteiger partial charge in [-0.25, -0.2) is 4.39 Å². The molecule has 1 amide bonds. The number of amides is 1. The van der Waals surface area contributed by atoms with Crippen LogP contribution in [0.15, 0.2) is 24.4 Å². The fourth-order valence-corrected chi connectivity index (χ4v) is 7.45. The smallest absolute Gasteiger partial charge is 0.433 e. The van der Waals surface area contributed by atoms with E-state index in [0.29, 0.717) is 24.7 Å². The third-order valence-electron chi connectivity index (χ3n) is 9.96. The lowest BCUT2D eigenvalue weighted by atomic mass is 9.74. The number of carboxylic acid groups (broad SMARTS) is 1. The van der Waals surface area contributed by atoms with Crippen LogP contribution in [0.5, 0.6) is 0 Å². The molecule has 12 heteroatoms. The summed E-state index contributed by atoms with van der Waals surface area (Å²) in [5.41, 5.74) is -3.01. The van der Waals surface area contributed by atoms with Crippen molar-refractivity contribution in [2.75, 3.05) is 6.54 Å².